The molecule has 2 amide bonds. The number of carbonyl (C=O) groups excluding carboxylic acids is 2. The number of fused-ring (bicyclic) bond motifs is 1. The lowest BCUT2D eigenvalue weighted by Gasteiger charge is -2.29. The third kappa shape index (κ3) is 7.51. The lowest BCUT2D eigenvalue weighted by Crippen LogP contribution is -2.33. The lowest BCUT2D eigenvalue weighted by molar-refractivity contribution is -0.138. The second-order valence-electron chi connectivity index (χ2n) is 9.28. The number of hydrogen-bond acceptors (Lipinski definition) is 5. The summed E-state index contributed by atoms with van der Waals surface area (Å²) in [4.78, 5) is 27.4. The summed E-state index contributed by atoms with van der Waals surface area (Å²) in [6, 6.07) is 17.3. The van der Waals surface area contributed by atoms with Crippen LogP contribution in [0, 0.1) is 0 Å². The molecule has 10 heteroatoms. The topological polar surface area (TPSA) is 79.9 Å². The minimum atomic E-state index is -4.18. The fourth-order valence-corrected chi connectivity index (χ4v) is 4.46. The number of hydrogen-bond donors (Lipinski definition) is 2. The van der Waals surface area contributed by atoms with E-state index in [2.05, 4.69) is 10.6 Å². The van der Waals surface area contributed by atoms with Crippen LogP contribution in [0.15, 0.2) is 60.7 Å². The van der Waals surface area contributed by atoms with Gasteiger partial charge in [0.05, 0.1) is 20.6 Å². The molecule has 0 radical (unpaired) electrons. The molecular formula is C29H30F3N3O4. The van der Waals surface area contributed by atoms with Gasteiger partial charge in [-0.15, -0.1) is 0 Å². The Hall–Kier alpha value is -4.05. The molecule has 3 aromatic carbocycles. The smallest absolute Gasteiger partial charge is 0.390 e. The summed E-state index contributed by atoms with van der Waals surface area (Å²) in [5, 5.41) is 5.71. The zero-order chi connectivity index (χ0) is 28.0. The molecule has 39 heavy (non-hydrogen) atoms. The number of methoxy groups -OCH3 is 2. The van der Waals surface area contributed by atoms with Crippen molar-refractivity contribution in [3.8, 4) is 11.5 Å². The van der Waals surface area contributed by atoms with Gasteiger partial charge in [-0.1, -0.05) is 18.2 Å². The van der Waals surface area contributed by atoms with Crippen molar-refractivity contribution in [3.63, 3.8) is 0 Å². The molecule has 0 saturated heterocycles. The molecule has 0 aliphatic carbocycles. The van der Waals surface area contributed by atoms with Gasteiger partial charge < -0.3 is 20.1 Å². The standard InChI is InChI=1S/C29H30F3N3O4/c1-38-25-9-7-22(16-26(25)39-2)27(36)33-17-19-4-3-5-21(14-19)28(37)34-24-8-6-20-10-12-35(18-23(20)15-24)13-11-29(30,31)32/h3-9,14-16H,10-13,17-18H2,1-2H3,(H,33,36)(H,34,37). The van der Waals surface area contributed by atoms with Crippen molar-refractivity contribution in [2.24, 2.45) is 0 Å². The predicted octanol–water partition coefficient (Wildman–Crippen LogP) is 5.20. The fraction of sp³-hybridized carbons (Fsp3) is 0.310. The Balaban J connectivity index is 1.36. The van der Waals surface area contributed by atoms with Gasteiger partial charge in [-0.05, 0) is 65.6 Å². The molecule has 2 N–H and O–H groups in total. The third-order valence-electron chi connectivity index (χ3n) is 6.55. The van der Waals surface area contributed by atoms with Gasteiger partial charge in [0.2, 0.25) is 0 Å². The number of anilines is 1. The monoisotopic (exact) mass is 541 g/mol. The van der Waals surface area contributed by atoms with Crippen molar-refractivity contribution in [2.45, 2.75) is 32.1 Å². The Kier molecular flexibility index (Phi) is 8.75. The molecule has 7 nitrogen and oxygen atoms in total. The zero-order valence-electron chi connectivity index (χ0n) is 21.7. The Bertz CT molecular complexity index is 1340. The van der Waals surface area contributed by atoms with E-state index in [1.165, 1.54) is 14.2 Å². The SMILES string of the molecule is COc1ccc(C(=O)NCc2cccc(C(=O)Nc3ccc4c(c3)CN(CCC(F)(F)F)CC4)c2)cc1OC. The summed E-state index contributed by atoms with van der Waals surface area (Å²) in [7, 11) is 3.01. The number of benzene rings is 3. The number of nitrogens with zero attached hydrogens (tertiary/aromatic N) is 1. The molecule has 0 aromatic heterocycles. The van der Waals surface area contributed by atoms with Gasteiger partial charge >= 0.3 is 6.18 Å². The first-order chi connectivity index (χ1) is 18.6. The second kappa shape index (κ2) is 12.2. The quantitative estimate of drug-likeness (QED) is 0.390. The Morgan fingerprint density at radius 2 is 1.67 bits per heavy atom. The third-order valence-corrected chi connectivity index (χ3v) is 6.55. The number of carbonyl (C=O) groups is 2. The van der Waals surface area contributed by atoms with E-state index in [1.54, 1.807) is 53.4 Å². The van der Waals surface area contributed by atoms with Crippen LogP contribution in [0.5, 0.6) is 11.5 Å². The molecule has 0 saturated carbocycles. The van der Waals surface area contributed by atoms with Gasteiger partial charge in [-0.3, -0.25) is 14.5 Å². The van der Waals surface area contributed by atoms with Crippen LogP contribution in [0.1, 0.15) is 43.8 Å². The van der Waals surface area contributed by atoms with Gasteiger partial charge in [0.15, 0.2) is 11.5 Å². The largest absolute Gasteiger partial charge is 0.493 e. The van der Waals surface area contributed by atoms with E-state index in [0.29, 0.717) is 47.8 Å². The van der Waals surface area contributed by atoms with Crippen molar-refractivity contribution in [1.82, 2.24) is 10.2 Å². The van der Waals surface area contributed by atoms with Crippen LogP contribution in [0.3, 0.4) is 0 Å². The van der Waals surface area contributed by atoms with Crippen LogP contribution in [-0.2, 0) is 19.5 Å². The molecule has 1 heterocycles. The summed E-state index contributed by atoms with van der Waals surface area (Å²) >= 11 is 0. The van der Waals surface area contributed by atoms with Crippen LogP contribution in [-0.4, -0.2) is 50.2 Å². The number of alkyl halides is 3. The van der Waals surface area contributed by atoms with Gasteiger partial charge in [0.1, 0.15) is 0 Å². The number of amides is 2. The molecule has 0 fully saturated rings. The maximum atomic E-state index is 12.9. The number of nitrogens with one attached hydrogen (secondary N) is 2. The Morgan fingerprint density at radius 1 is 0.897 bits per heavy atom. The highest BCUT2D eigenvalue weighted by Gasteiger charge is 2.28. The van der Waals surface area contributed by atoms with Crippen LogP contribution in [0.4, 0.5) is 18.9 Å². The van der Waals surface area contributed by atoms with Crippen molar-refractivity contribution < 1.29 is 32.2 Å². The van der Waals surface area contributed by atoms with E-state index in [-0.39, 0.29) is 24.9 Å². The molecule has 206 valence electrons. The Labute approximate surface area is 224 Å². The highest BCUT2D eigenvalue weighted by molar-refractivity contribution is 6.04. The molecule has 0 unspecified atom stereocenters. The summed E-state index contributed by atoms with van der Waals surface area (Å²) in [5.41, 5.74) is 4.12. The highest BCUT2D eigenvalue weighted by atomic mass is 19.4. The summed E-state index contributed by atoms with van der Waals surface area (Å²) in [6.45, 7) is 1.14. The molecule has 1 aliphatic heterocycles. The Morgan fingerprint density at radius 3 is 2.41 bits per heavy atom. The molecule has 1 aliphatic rings. The van der Waals surface area contributed by atoms with E-state index >= 15 is 0 Å². The average molecular weight is 542 g/mol. The minimum absolute atomic E-state index is 0.0468. The molecule has 0 bridgehead atoms. The van der Waals surface area contributed by atoms with Crippen LogP contribution in [0.2, 0.25) is 0 Å². The fourth-order valence-electron chi connectivity index (χ4n) is 4.46. The zero-order valence-corrected chi connectivity index (χ0v) is 21.7. The molecular weight excluding hydrogens is 511 g/mol. The van der Waals surface area contributed by atoms with Gasteiger partial charge in [0, 0.05) is 43.0 Å². The first-order valence-corrected chi connectivity index (χ1v) is 12.5. The van der Waals surface area contributed by atoms with Crippen molar-refractivity contribution in [2.75, 3.05) is 32.6 Å². The normalized spacial score (nSPS) is 13.4. The maximum Gasteiger partial charge on any atom is 0.390 e. The second-order valence-corrected chi connectivity index (χ2v) is 9.28. The van der Waals surface area contributed by atoms with E-state index in [4.69, 9.17) is 9.47 Å². The number of halogens is 3. The maximum absolute atomic E-state index is 12.9. The molecule has 0 atom stereocenters. The first-order valence-electron chi connectivity index (χ1n) is 12.5. The van der Waals surface area contributed by atoms with Gasteiger partial charge in [-0.25, -0.2) is 0 Å². The van der Waals surface area contributed by atoms with Crippen LogP contribution in [0.25, 0.3) is 0 Å². The summed E-state index contributed by atoms with van der Waals surface area (Å²) < 4.78 is 48.3. The first kappa shape index (κ1) is 28.0. The predicted molar refractivity (Wildman–Crippen MR) is 141 cm³/mol. The average Bonchev–Trinajstić information content (AvgIpc) is 2.93. The molecule has 3 aromatic rings. The van der Waals surface area contributed by atoms with Crippen molar-refractivity contribution >= 4 is 17.5 Å². The minimum Gasteiger partial charge on any atom is -0.493 e. The van der Waals surface area contributed by atoms with Crippen LogP contribution < -0.4 is 20.1 Å². The van der Waals surface area contributed by atoms with Crippen molar-refractivity contribution in [1.29, 1.82) is 0 Å². The van der Waals surface area contributed by atoms with Crippen molar-refractivity contribution in [3.05, 3.63) is 88.5 Å². The number of ether oxygens (including phenoxy) is 2. The molecule has 0 spiro atoms. The number of rotatable bonds is 9. The van der Waals surface area contributed by atoms with Crippen LogP contribution >= 0.6 is 0 Å². The summed E-state index contributed by atoms with van der Waals surface area (Å²) in [6.07, 6.45) is -4.36. The lowest BCUT2D eigenvalue weighted by atomic mass is 9.98. The van der Waals surface area contributed by atoms with E-state index in [1.807, 2.05) is 12.1 Å². The van der Waals surface area contributed by atoms with Gasteiger partial charge in [0.25, 0.3) is 11.8 Å². The van der Waals surface area contributed by atoms with E-state index in [9.17, 15) is 22.8 Å². The van der Waals surface area contributed by atoms with E-state index < -0.39 is 12.6 Å². The summed E-state index contributed by atoms with van der Waals surface area (Å²) in [5.74, 6) is 0.336. The van der Waals surface area contributed by atoms with E-state index in [0.717, 1.165) is 16.7 Å². The van der Waals surface area contributed by atoms with Gasteiger partial charge in [-0.2, -0.15) is 13.2 Å². The molecule has 4 rings (SSSR count). The highest BCUT2D eigenvalue weighted by Crippen LogP contribution is 2.28.